The lowest BCUT2D eigenvalue weighted by atomic mass is 9.89. The minimum absolute atomic E-state index is 0.0351. The molecule has 1 aromatic carbocycles. The van der Waals surface area contributed by atoms with Crippen LogP contribution in [0.2, 0.25) is 0 Å². The molecule has 1 N–H and O–H groups in total. The Morgan fingerprint density at radius 3 is 2.62 bits per heavy atom. The Bertz CT molecular complexity index is 907. The van der Waals surface area contributed by atoms with E-state index in [0.717, 1.165) is 38.2 Å². The maximum Gasteiger partial charge on any atom is 0.223 e. The number of nitriles is 1. The average Bonchev–Trinajstić information content (AvgIpc) is 2.79. The van der Waals surface area contributed by atoms with Crippen molar-refractivity contribution in [2.45, 2.75) is 51.5 Å². The number of hydrogen-bond donors (Lipinski definition) is 1. The van der Waals surface area contributed by atoms with E-state index in [2.05, 4.69) is 46.4 Å². The van der Waals surface area contributed by atoms with Gasteiger partial charge in [0.15, 0.2) is 0 Å². The van der Waals surface area contributed by atoms with Crippen LogP contribution >= 0.6 is 0 Å². The number of piperidine rings is 1. The number of hydrogen-bond acceptors (Lipinski definition) is 4. The number of amides is 1. The van der Waals surface area contributed by atoms with E-state index in [-0.39, 0.29) is 17.9 Å². The van der Waals surface area contributed by atoms with Gasteiger partial charge in [-0.05, 0) is 74.3 Å². The van der Waals surface area contributed by atoms with Crippen molar-refractivity contribution in [2.24, 2.45) is 5.92 Å². The van der Waals surface area contributed by atoms with Gasteiger partial charge in [0.25, 0.3) is 0 Å². The van der Waals surface area contributed by atoms with Crippen LogP contribution in [0.4, 0.5) is 5.82 Å². The lowest BCUT2D eigenvalue weighted by molar-refractivity contribution is -0.126. The normalized spacial score (nSPS) is 17.9. The summed E-state index contributed by atoms with van der Waals surface area (Å²) in [5.41, 5.74) is 4.71. The molecule has 1 fully saturated rings. The number of nitrogens with zero attached hydrogens (tertiary/aromatic N) is 3. The lowest BCUT2D eigenvalue weighted by Gasteiger charge is -2.32. The third kappa shape index (κ3) is 4.42. The fourth-order valence-electron chi connectivity index (χ4n) is 4.45. The molecule has 1 aliphatic heterocycles. The van der Waals surface area contributed by atoms with Crippen LogP contribution in [-0.2, 0) is 17.6 Å². The second-order valence-corrected chi connectivity index (χ2v) is 8.24. The van der Waals surface area contributed by atoms with Crippen molar-refractivity contribution >= 4 is 11.7 Å². The zero-order valence-corrected chi connectivity index (χ0v) is 17.0. The number of aromatic nitrogens is 1. The molecule has 0 bridgehead atoms. The minimum Gasteiger partial charge on any atom is -0.357 e. The van der Waals surface area contributed by atoms with Gasteiger partial charge in [0.1, 0.15) is 11.9 Å². The fraction of sp³-hybridized carbons (Fsp3) is 0.458. The molecule has 1 atom stereocenters. The Kier molecular flexibility index (Phi) is 5.80. The predicted octanol–water partition coefficient (Wildman–Crippen LogP) is 3.93. The third-order valence-corrected chi connectivity index (χ3v) is 6.30. The van der Waals surface area contributed by atoms with Crippen molar-refractivity contribution in [3.8, 4) is 6.07 Å². The number of aryl methyl sites for hydroxylation is 2. The Morgan fingerprint density at radius 1 is 1.17 bits per heavy atom. The van der Waals surface area contributed by atoms with Gasteiger partial charge in [-0.3, -0.25) is 4.79 Å². The predicted molar refractivity (Wildman–Crippen MR) is 114 cm³/mol. The van der Waals surface area contributed by atoms with E-state index < -0.39 is 0 Å². The Morgan fingerprint density at radius 2 is 1.93 bits per heavy atom. The number of benzene rings is 1. The molecular formula is C24H28N4O. The zero-order chi connectivity index (χ0) is 20.2. The Balaban J connectivity index is 1.32. The second kappa shape index (κ2) is 8.65. The molecule has 150 valence electrons. The first-order valence-corrected chi connectivity index (χ1v) is 10.7. The van der Waals surface area contributed by atoms with Crippen LogP contribution in [0, 0.1) is 17.2 Å². The van der Waals surface area contributed by atoms with E-state index in [1.54, 1.807) is 12.3 Å². The summed E-state index contributed by atoms with van der Waals surface area (Å²) in [4.78, 5) is 19.4. The highest BCUT2D eigenvalue weighted by Crippen LogP contribution is 2.26. The summed E-state index contributed by atoms with van der Waals surface area (Å²) in [5.74, 6) is 1.08. The van der Waals surface area contributed by atoms with Crippen LogP contribution in [-0.4, -0.2) is 24.0 Å². The van der Waals surface area contributed by atoms with Crippen molar-refractivity contribution in [3.63, 3.8) is 0 Å². The van der Waals surface area contributed by atoms with Gasteiger partial charge in [0.2, 0.25) is 5.91 Å². The number of fused-ring (bicyclic) bond motifs is 1. The first kappa shape index (κ1) is 19.4. The Hall–Kier alpha value is -2.87. The minimum atomic E-state index is 0.0351. The number of anilines is 1. The standard InChI is InChI=1S/C24H28N4O/c1-17(21-8-7-19-4-2-3-5-22(19)14-21)27-24(29)20-10-12-28(13-11-20)23-9-6-18(15-25)16-26-23/h6-9,14,16-17,20H,2-5,10-13H2,1H3,(H,27,29)/t17-/m0/s1. The van der Waals surface area contributed by atoms with Crippen LogP contribution in [0.3, 0.4) is 0 Å². The van der Waals surface area contributed by atoms with E-state index in [1.165, 1.54) is 36.0 Å². The number of rotatable bonds is 4. The molecule has 0 saturated carbocycles. The molecule has 29 heavy (non-hydrogen) atoms. The molecule has 2 aliphatic rings. The maximum absolute atomic E-state index is 12.8. The fourth-order valence-corrected chi connectivity index (χ4v) is 4.45. The quantitative estimate of drug-likeness (QED) is 0.862. The highest BCUT2D eigenvalue weighted by Gasteiger charge is 2.26. The molecule has 1 aromatic heterocycles. The molecular weight excluding hydrogens is 360 g/mol. The second-order valence-electron chi connectivity index (χ2n) is 8.24. The Labute approximate surface area is 172 Å². The number of carbonyl (C=O) groups is 1. The summed E-state index contributed by atoms with van der Waals surface area (Å²) in [5, 5.41) is 12.1. The van der Waals surface area contributed by atoms with Gasteiger partial charge < -0.3 is 10.2 Å². The first-order valence-electron chi connectivity index (χ1n) is 10.7. The highest BCUT2D eigenvalue weighted by atomic mass is 16.1. The van der Waals surface area contributed by atoms with E-state index in [0.29, 0.717) is 5.56 Å². The van der Waals surface area contributed by atoms with Gasteiger partial charge in [-0.25, -0.2) is 4.98 Å². The van der Waals surface area contributed by atoms with Crippen molar-refractivity contribution < 1.29 is 4.79 Å². The largest absolute Gasteiger partial charge is 0.357 e. The van der Waals surface area contributed by atoms with E-state index in [9.17, 15) is 4.79 Å². The summed E-state index contributed by atoms with van der Waals surface area (Å²) in [6.07, 6.45) is 8.15. The summed E-state index contributed by atoms with van der Waals surface area (Å²) >= 11 is 0. The van der Waals surface area contributed by atoms with Gasteiger partial charge in [-0.15, -0.1) is 0 Å². The van der Waals surface area contributed by atoms with Gasteiger partial charge in [0, 0.05) is 25.2 Å². The third-order valence-electron chi connectivity index (χ3n) is 6.30. The van der Waals surface area contributed by atoms with Crippen molar-refractivity contribution in [2.75, 3.05) is 18.0 Å². The van der Waals surface area contributed by atoms with E-state index in [4.69, 9.17) is 5.26 Å². The first-order chi connectivity index (χ1) is 14.1. The molecule has 5 nitrogen and oxygen atoms in total. The topological polar surface area (TPSA) is 69.0 Å². The van der Waals surface area contributed by atoms with Crippen LogP contribution in [0.15, 0.2) is 36.5 Å². The molecule has 0 spiro atoms. The zero-order valence-electron chi connectivity index (χ0n) is 17.0. The monoisotopic (exact) mass is 388 g/mol. The van der Waals surface area contributed by atoms with Crippen molar-refractivity contribution in [1.82, 2.24) is 10.3 Å². The summed E-state index contributed by atoms with van der Waals surface area (Å²) in [7, 11) is 0. The molecule has 0 radical (unpaired) electrons. The molecule has 1 aliphatic carbocycles. The van der Waals surface area contributed by atoms with Gasteiger partial charge >= 0.3 is 0 Å². The summed E-state index contributed by atoms with van der Waals surface area (Å²) < 4.78 is 0. The summed E-state index contributed by atoms with van der Waals surface area (Å²) in [6, 6.07) is 12.5. The van der Waals surface area contributed by atoms with Gasteiger partial charge in [0.05, 0.1) is 11.6 Å². The highest BCUT2D eigenvalue weighted by molar-refractivity contribution is 5.79. The SMILES string of the molecule is C[C@H](NC(=O)C1CCN(c2ccc(C#N)cn2)CC1)c1ccc2c(c1)CCCC2. The average molecular weight is 389 g/mol. The van der Waals surface area contributed by atoms with Crippen molar-refractivity contribution in [1.29, 1.82) is 5.26 Å². The van der Waals surface area contributed by atoms with Crippen LogP contribution in [0.1, 0.15) is 60.9 Å². The number of pyridine rings is 1. The molecule has 4 rings (SSSR count). The van der Waals surface area contributed by atoms with Crippen molar-refractivity contribution in [3.05, 3.63) is 58.8 Å². The summed E-state index contributed by atoms with van der Waals surface area (Å²) in [6.45, 7) is 3.70. The van der Waals surface area contributed by atoms with E-state index >= 15 is 0 Å². The molecule has 1 amide bonds. The van der Waals surface area contributed by atoms with Crippen LogP contribution in [0.5, 0.6) is 0 Å². The molecule has 1 saturated heterocycles. The van der Waals surface area contributed by atoms with Gasteiger partial charge in [-0.2, -0.15) is 5.26 Å². The molecule has 0 unspecified atom stereocenters. The molecule has 5 heteroatoms. The van der Waals surface area contributed by atoms with Crippen LogP contribution < -0.4 is 10.2 Å². The maximum atomic E-state index is 12.8. The molecule has 2 aromatic rings. The number of nitrogens with one attached hydrogen (secondary N) is 1. The number of carbonyl (C=O) groups excluding carboxylic acids is 1. The smallest absolute Gasteiger partial charge is 0.223 e. The molecule has 2 heterocycles. The van der Waals surface area contributed by atoms with Gasteiger partial charge in [-0.1, -0.05) is 18.2 Å². The lowest BCUT2D eigenvalue weighted by Crippen LogP contribution is -2.41. The van der Waals surface area contributed by atoms with E-state index in [1.807, 2.05) is 6.07 Å². The van der Waals surface area contributed by atoms with Crippen LogP contribution in [0.25, 0.3) is 0 Å².